The number of rotatable bonds is 6. The van der Waals surface area contributed by atoms with E-state index in [9.17, 15) is 4.79 Å². The van der Waals surface area contributed by atoms with Crippen molar-refractivity contribution in [1.82, 2.24) is 16.0 Å². The zero-order chi connectivity index (χ0) is 15.3. The van der Waals surface area contributed by atoms with Crippen LogP contribution in [-0.2, 0) is 9.53 Å². The first kappa shape index (κ1) is 19.7. The van der Waals surface area contributed by atoms with Crippen LogP contribution in [0.25, 0.3) is 0 Å². The topological polar surface area (TPSA) is 62.4 Å². The number of hydrogen-bond donors (Lipinski definition) is 3. The quantitative estimate of drug-likeness (QED) is 0.686. The highest BCUT2D eigenvalue weighted by molar-refractivity contribution is 5.85. The molecule has 1 aliphatic carbocycles. The molecule has 0 spiro atoms. The molecule has 1 saturated heterocycles. The molecule has 0 aromatic heterocycles. The highest BCUT2D eigenvalue weighted by Crippen LogP contribution is 2.30. The summed E-state index contributed by atoms with van der Waals surface area (Å²) in [5, 5.41) is 10.2. The third kappa shape index (κ3) is 5.08. The summed E-state index contributed by atoms with van der Waals surface area (Å²) in [6.07, 6.45) is 3.72. The van der Waals surface area contributed by atoms with E-state index in [2.05, 4.69) is 16.0 Å². The Balaban J connectivity index is 0.00000242. The van der Waals surface area contributed by atoms with Gasteiger partial charge in [0.2, 0.25) is 5.91 Å². The van der Waals surface area contributed by atoms with Crippen LogP contribution in [0, 0.1) is 11.3 Å². The molecule has 3 N–H and O–H groups in total. The minimum atomic E-state index is -0.361. The average molecular weight is 334 g/mol. The molecule has 6 heteroatoms. The Labute approximate surface area is 140 Å². The maximum atomic E-state index is 12.1. The highest BCUT2D eigenvalue weighted by Gasteiger charge is 2.36. The molecule has 22 heavy (non-hydrogen) atoms. The number of hydrogen-bond acceptors (Lipinski definition) is 4. The fourth-order valence-corrected chi connectivity index (χ4v) is 3.45. The van der Waals surface area contributed by atoms with Crippen LogP contribution in [0.1, 0.15) is 40.0 Å². The lowest BCUT2D eigenvalue weighted by Gasteiger charge is -2.34. The molecule has 3 atom stereocenters. The molecule has 2 rings (SSSR count). The first-order chi connectivity index (χ1) is 10.0. The van der Waals surface area contributed by atoms with Crippen molar-refractivity contribution < 1.29 is 9.53 Å². The number of nitrogens with one attached hydrogen (secondary N) is 3. The van der Waals surface area contributed by atoms with Gasteiger partial charge in [0.15, 0.2) is 0 Å². The van der Waals surface area contributed by atoms with Crippen LogP contribution < -0.4 is 16.0 Å². The summed E-state index contributed by atoms with van der Waals surface area (Å²) in [4.78, 5) is 12.1. The van der Waals surface area contributed by atoms with Crippen LogP contribution in [-0.4, -0.2) is 50.8 Å². The van der Waals surface area contributed by atoms with E-state index in [1.807, 2.05) is 20.8 Å². The van der Waals surface area contributed by atoms with E-state index in [1.54, 1.807) is 0 Å². The molecule has 2 fully saturated rings. The van der Waals surface area contributed by atoms with Crippen molar-refractivity contribution in [2.24, 2.45) is 11.3 Å². The van der Waals surface area contributed by atoms with Gasteiger partial charge in [-0.05, 0) is 39.5 Å². The van der Waals surface area contributed by atoms with Gasteiger partial charge in [0.1, 0.15) is 0 Å². The summed E-state index contributed by atoms with van der Waals surface area (Å²) in [6.45, 7) is 10.0. The molecular weight excluding hydrogens is 302 g/mol. The van der Waals surface area contributed by atoms with Gasteiger partial charge < -0.3 is 20.7 Å². The summed E-state index contributed by atoms with van der Waals surface area (Å²) in [7, 11) is 0. The van der Waals surface area contributed by atoms with E-state index < -0.39 is 0 Å². The lowest BCUT2D eigenvalue weighted by Crippen LogP contribution is -2.53. The molecule has 2 aliphatic rings. The third-order valence-electron chi connectivity index (χ3n) is 4.79. The van der Waals surface area contributed by atoms with Crippen LogP contribution in [0.3, 0.4) is 0 Å². The Morgan fingerprint density at radius 3 is 2.77 bits per heavy atom. The van der Waals surface area contributed by atoms with E-state index >= 15 is 0 Å². The van der Waals surface area contributed by atoms with Gasteiger partial charge in [-0.3, -0.25) is 4.79 Å². The lowest BCUT2D eigenvalue weighted by atomic mass is 9.89. The van der Waals surface area contributed by atoms with Crippen molar-refractivity contribution in [2.75, 3.05) is 32.8 Å². The SMILES string of the molecule is CCNC(=O)C(C)(C)CNC1CCCC1C1COCCN1.Cl. The van der Waals surface area contributed by atoms with Crippen LogP contribution in [0.4, 0.5) is 0 Å². The zero-order valence-electron chi connectivity index (χ0n) is 14.1. The van der Waals surface area contributed by atoms with E-state index in [1.165, 1.54) is 19.3 Å². The Kier molecular flexibility index (Phi) is 8.11. The van der Waals surface area contributed by atoms with Crippen molar-refractivity contribution in [3.8, 4) is 0 Å². The van der Waals surface area contributed by atoms with Gasteiger partial charge >= 0.3 is 0 Å². The third-order valence-corrected chi connectivity index (χ3v) is 4.79. The van der Waals surface area contributed by atoms with Crippen LogP contribution in [0.5, 0.6) is 0 Å². The number of amides is 1. The van der Waals surface area contributed by atoms with Gasteiger partial charge in [-0.2, -0.15) is 0 Å². The molecule has 0 bridgehead atoms. The van der Waals surface area contributed by atoms with Crippen molar-refractivity contribution in [1.29, 1.82) is 0 Å². The van der Waals surface area contributed by atoms with Gasteiger partial charge in [0, 0.05) is 31.7 Å². The molecule has 3 unspecified atom stereocenters. The van der Waals surface area contributed by atoms with Crippen LogP contribution in [0.2, 0.25) is 0 Å². The molecule has 130 valence electrons. The monoisotopic (exact) mass is 333 g/mol. The van der Waals surface area contributed by atoms with Crippen LogP contribution >= 0.6 is 12.4 Å². The van der Waals surface area contributed by atoms with Gasteiger partial charge in [-0.1, -0.05) is 6.42 Å². The van der Waals surface area contributed by atoms with Gasteiger partial charge in [-0.15, -0.1) is 12.4 Å². The summed E-state index contributed by atoms with van der Waals surface area (Å²) >= 11 is 0. The molecule has 1 heterocycles. The summed E-state index contributed by atoms with van der Waals surface area (Å²) in [6, 6.07) is 0.962. The zero-order valence-corrected chi connectivity index (χ0v) is 14.9. The normalized spacial score (nSPS) is 29.0. The predicted molar refractivity (Wildman–Crippen MR) is 91.5 cm³/mol. The molecule has 0 aromatic rings. The van der Waals surface area contributed by atoms with Gasteiger partial charge in [-0.25, -0.2) is 0 Å². The van der Waals surface area contributed by atoms with Crippen molar-refractivity contribution in [3.63, 3.8) is 0 Å². The van der Waals surface area contributed by atoms with Crippen LogP contribution in [0.15, 0.2) is 0 Å². The van der Waals surface area contributed by atoms with E-state index in [-0.39, 0.29) is 23.7 Å². The summed E-state index contributed by atoms with van der Waals surface area (Å²) < 4.78 is 5.60. The maximum Gasteiger partial charge on any atom is 0.226 e. The minimum Gasteiger partial charge on any atom is -0.379 e. The minimum absolute atomic E-state index is 0. The summed E-state index contributed by atoms with van der Waals surface area (Å²) in [5.41, 5.74) is -0.361. The van der Waals surface area contributed by atoms with E-state index in [0.717, 1.165) is 26.3 Å². The smallest absolute Gasteiger partial charge is 0.226 e. The standard InChI is InChI=1S/C16H31N3O2.ClH/c1-4-17-15(20)16(2,3)11-19-13-7-5-6-12(13)14-10-21-9-8-18-14;/h12-14,18-19H,4-11H2,1-3H3,(H,17,20);1H. The molecule has 0 radical (unpaired) electrons. The second-order valence-corrected chi connectivity index (χ2v) is 6.96. The fourth-order valence-electron chi connectivity index (χ4n) is 3.45. The van der Waals surface area contributed by atoms with E-state index in [4.69, 9.17) is 4.74 Å². The van der Waals surface area contributed by atoms with Crippen molar-refractivity contribution in [3.05, 3.63) is 0 Å². The Morgan fingerprint density at radius 1 is 1.36 bits per heavy atom. The summed E-state index contributed by atoms with van der Waals surface area (Å²) in [5.74, 6) is 0.751. The average Bonchev–Trinajstić information content (AvgIpc) is 2.95. The Hall–Kier alpha value is -0.360. The fraction of sp³-hybridized carbons (Fsp3) is 0.938. The molecule has 0 aromatic carbocycles. The maximum absolute atomic E-state index is 12.1. The largest absolute Gasteiger partial charge is 0.379 e. The predicted octanol–water partition coefficient (Wildman–Crippen LogP) is 1.32. The highest BCUT2D eigenvalue weighted by atomic mass is 35.5. The molecular formula is C16H32ClN3O2. The number of ether oxygens (including phenoxy) is 1. The van der Waals surface area contributed by atoms with Crippen molar-refractivity contribution >= 4 is 18.3 Å². The van der Waals surface area contributed by atoms with Gasteiger partial charge in [0.05, 0.1) is 18.6 Å². The first-order valence-corrected chi connectivity index (χ1v) is 8.37. The van der Waals surface area contributed by atoms with Crippen molar-refractivity contribution in [2.45, 2.75) is 52.1 Å². The molecule has 1 aliphatic heterocycles. The number of halogens is 1. The second-order valence-electron chi connectivity index (χ2n) is 6.96. The molecule has 1 saturated carbocycles. The van der Waals surface area contributed by atoms with Gasteiger partial charge in [0.25, 0.3) is 0 Å². The lowest BCUT2D eigenvalue weighted by molar-refractivity contribution is -0.129. The Bertz CT molecular complexity index is 346. The first-order valence-electron chi connectivity index (χ1n) is 8.37. The number of morpholine rings is 1. The Morgan fingerprint density at radius 2 is 2.14 bits per heavy atom. The molecule has 1 amide bonds. The van der Waals surface area contributed by atoms with E-state index in [0.29, 0.717) is 24.5 Å². The molecule has 5 nitrogen and oxygen atoms in total. The number of carbonyl (C=O) groups is 1. The number of carbonyl (C=O) groups excluding carboxylic acids is 1. The second kappa shape index (κ2) is 9.06.